The Balaban J connectivity index is 1.06. The fraction of sp³-hybridized carbons (Fsp3) is 0.361. The minimum absolute atomic E-state index is 0.0473. The number of amides is 1. The highest BCUT2D eigenvalue weighted by molar-refractivity contribution is 8.00. The number of hydrogen-bond acceptors (Lipinski definition) is 10. The number of oxime groups is 1. The summed E-state index contributed by atoms with van der Waals surface area (Å²) in [6, 6.07) is 14.5. The molecule has 1 aromatic carbocycles. The number of carboxylic acids is 1. The lowest BCUT2D eigenvalue weighted by Crippen LogP contribution is -2.62. The van der Waals surface area contributed by atoms with Crippen LogP contribution in [0.25, 0.3) is 11.0 Å². The largest absolute Gasteiger partial charge is 0.477 e. The van der Waals surface area contributed by atoms with E-state index in [0.29, 0.717) is 29.7 Å². The topological polar surface area (TPSA) is 182 Å². The van der Waals surface area contributed by atoms with Crippen LogP contribution in [0.4, 0.5) is 5.13 Å². The fourth-order valence-electron chi connectivity index (χ4n) is 7.17. The van der Waals surface area contributed by atoms with Crippen molar-refractivity contribution in [1.29, 1.82) is 0 Å². The van der Waals surface area contributed by atoms with Crippen molar-refractivity contribution in [2.45, 2.75) is 63.0 Å². The second-order valence-electron chi connectivity index (χ2n) is 13.1. The predicted octanol–water partition coefficient (Wildman–Crippen LogP) is 4.59. The Labute approximate surface area is 313 Å². The van der Waals surface area contributed by atoms with Gasteiger partial charge in [-0.25, -0.2) is 9.78 Å². The molecule has 0 spiro atoms. The van der Waals surface area contributed by atoms with Crippen molar-refractivity contribution in [3.63, 3.8) is 0 Å². The molecule has 3 aromatic heterocycles. The molecule has 1 amide bonds. The van der Waals surface area contributed by atoms with E-state index in [-0.39, 0.29) is 39.5 Å². The van der Waals surface area contributed by atoms with Crippen LogP contribution >= 0.6 is 34.7 Å². The molecule has 1 saturated heterocycles. The summed E-state index contributed by atoms with van der Waals surface area (Å²) in [5.74, 6) is -1.92. The van der Waals surface area contributed by atoms with Crippen molar-refractivity contribution in [3.05, 3.63) is 87.3 Å². The van der Waals surface area contributed by atoms with Crippen molar-refractivity contribution in [2.24, 2.45) is 21.8 Å². The third-order valence-corrected chi connectivity index (χ3v) is 12.2. The van der Waals surface area contributed by atoms with E-state index in [2.05, 4.69) is 26.8 Å². The van der Waals surface area contributed by atoms with Crippen LogP contribution in [-0.2, 0) is 32.3 Å². The number of amidine groups is 1. The number of nitrogen functional groups attached to an aromatic ring is 1. The molecule has 13 nitrogen and oxygen atoms in total. The number of nitrogens with zero attached hydrogens (tertiary/aromatic N) is 6. The SMILES string of the molecule is CO/N=C(\C(=O)C[C@@H]1C(=O)N2C(C(=O)O)=C(C[n+]3cccc4c3ccn4Cc3ccc(C(N)=NC4CCCCC4)cc3)CS[C@H]12)c1nc(N)sc1Cl. The molecule has 1 saturated carbocycles. The van der Waals surface area contributed by atoms with E-state index < -0.39 is 29.0 Å². The molecule has 16 heteroatoms. The number of pyridine rings is 1. The van der Waals surface area contributed by atoms with Crippen molar-refractivity contribution >= 4 is 80.1 Å². The summed E-state index contributed by atoms with van der Waals surface area (Å²) in [6.07, 6.45) is 9.60. The van der Waals surface area contributed by atoms with Crippen LogP contribution in [0.5, 0.6) is 0 Å². The fourth-order valence-corrected chi connectivity index (χ4v) is 9.50. The normalized spacial score (nSPS) is 19.9. The maximum Gasteiger partial charge on any atom is 0.352 e. The minimum atomic E-state index is -1.19. The zero-order valence-corrected chi connectivity index (χ0v) is 30.8. The molecule has 2 fully saturated rings. The van der Waals surface area contributed by atoms with Gasteiger partial charge in [0.1, 0.15) is 34.2 Å². The second kappa shape index (κ2) is 15.1. The molecule has 2 atom stereocenters. The average molecular weight is 762 g/mol. The number of aliphatic imine (C=N–C) groups is 1. The Morgan fingerprint density at radius 3 is 2.62 bits per heavy atom. The van der Waals surface area contributed by atoms with Gasteiger partial charge in [0.2, 0.25) is 11.4 Å². The summed E-state index contributed by atoms with van der Waals surface area (Å²) >= 11 is 8.65. The highest BCUT2D eigenvalue weighted by Crippen LogP contribution is 2.45. The molecule has 1 aliphatic carbocycles. The molecule has 5 N–H and O–H groups in total. The summed E-state index contributed by atoms with van der Waals surface area (Å²) in [7, 11) is 1.28. The number of thiazole rings is 1. The molecular weight excluding hydrogens is 724 g/mol. The molecular formula is C36H38ClN8O5S2+. The van der Waals surface area contributed by atoms with Crippen LogP contribution in [0, 0.1) is 5.92 Å². The number of carbonyl (C=O) groups is 3. The van der Waals surface area contributed by atoms with Crippen molar-refractivity contribution < 1.29 is 28.9 Å². The molecule has 5 heterocycles. The number of halogens is 1. The van der Waals surface area contributed by atoms with E-state index in [1.807, 2.05) is 47.3 Å². The van der Waals surface area contributed by atoms with Crippen LogP contribution < -0.4 is 16.0 Å². The molecule has 270 valence electrons. The van der Waals surface area contributed by atoms with E-state index in [0.717, 1.165) is 46.3 Å². The average Bonchev–Trinajstić information content (AvgIpc) is 3.71. The zero-order chi connectivity index (χ0) is 36.5. The number of benzene rings is 1. The van der Waals surface area contributed by atoms with Crippen LogP contribution in [-0.4, -0.2) is 73.0 Å². The molecule has 2 aliphatic heterocycles. The lowest BCUT2D eigenvalue weighted by atomic mass is 9.89. The van der Waals surface area contributed by atoms with Gasteiger partial charge in [-0.15, -0.1) is 11.8 Å². The Bertz CT molecular complexity index is 2140. The lowest BCUT2D eigenvalue weighted by Gasteiger charge is -2.49. The van der Waals surface area contributed by atoms with Gasteiger partial charge in [-0.05, 0) is 24.5 Å². The number of Topliss-reactive ketones (excluding diaryl/α,β-unsaturated/α-hetero) is 1. The number of anilines is 1. The number of rotatable bonds is 12. The van der Waals surface area contributed by atoms with Crippen LogP contribution in [0.1, 0.15) is 55.3 Å². The summed E-state index contributed by atoms with van der Waals surface area (Å²) in [4.78, 5) is 54.5. The first-order chi connectivity index (χ1) is 25.1. The Hall–Kier alpha value is -4.73. The first kappa shape index (κ1) is 35.7. The standard InChI is InChI=1S/C36H37ClN8O5S2/c1-50-42-28(29-31(37)52-36(39)41-29)27(46)16-24-33(47)45-30(35(48)49)22(19-51-34(24)45)18-43-14-5-8-25-26(43)13-15-44(25)17-20-9-11-21(12-10-20)32(38)40-23-6-3-2-4-7-23/h5,8-15,23-24,34H,2-4,6-7,16-19H2,1H3,(H4-,38,39,40,41,48,49)/p+1/b42-28+/t24-,34-/m1/s1. The highest BCUT2D eigenvalue weighted by atomic mass is 35.5. The number of ketones is 1. The first-order valence-corrected chi connectivity index (χ1v) is 19.2. The summed E-state index contributed by atoms with van der Waals surface area (Å²) in [5.41, 5.74) is 16.6. The number of carbonyl (C=O) groups excluding carboxylic acids is 2. The summed E-state index contributed by atoms with van der Waals surface area (Å²) < 4.78 is 4.32. The van der Waals surface area contributed by atoms with E-state index >= 15 is 0 Å². The van der Waals surface area contributed by atoms with E-state index in [4.69, 9.17) is 32.9 Å². The van der Waals surface area contributed by atoms with Gasteiger partial charge in [-0.2, -0.15) is 4.57 Å². The predicted molar refractivity (Wildman–Crippen MR) is 201 cm³/mol. The Kier molecular flexibility index (Phi) is 10.3. The Morgan fingerprint density at radius 2 is 1.92 bits per heavy atom. The van der Waals surface area contributed by atoms with E-state index in [1.54, 1.807) is 0 Å². The lowest BCUT2D eigenvalue weighted by molar-refractivity contribution is -0.663. The van der Waals surface area contributed by atoms with Gasteiger partial charge in [-0.3, -0.25) is 19.5 Å². The number of carboxylic acid groups (broad SMARTS) is 1. The van der Waals surface area contributed by atoms with Crippen LogP contribution in [0.15, 0.2) is 76.3 Å². The van der Waals surface area contributed by atoms with Gasteiger partial charge in [0.25, 0.3) is 0 Å². The van der Waals surface area contributed by atoms with Gasteiger partial charge >= 0.3 is 5.97 Å². The number of aliphatic carboxylic acids is 1. The maximum absolute atomic E-state index is 13.5. The highest BCUT2D eigenvalue weighted by Gasteiger charge is 2.54. The quantitative estimate of drug-likeness (QED) is 0.0612. The molecule has 0 radical (unpaired) electrons. The molecule has 3 aliphatic rings. The summed E-state index contributed by atoms with van der Waals surface area (Å²) in [6.45, 7) is 0.911. The van der Waals surface area contributed by atoms with Gasteiger partial charge in [-0.1, -0.05) is 71.6 Å². The number of nitrogens with two attached hydrogens (primary N) is 2. The van der Waals surface area contributed by atoms with Crippen molar-refractivity contribution in [2.75, 3.05) is 18.6 Å². The molecule has 0 bridgehead atoms. The minimum Gasteiger partial charge on any atom is -0.477 e. The third-order valence-electron chi connectivity index (χ3n) is 9.71. The van der Waals surface area contributed by atoms with Crippen LogP contribution in [0.2, 0.25) is 4.34 Å². The summed E-state index contributed by atoms with van der Waals surface area (Å²) in [5, 5.41) is 13.8. The van der Waals surface area contributed by atoms with Crippen molar-refractivity contribution in [1.82, 2.24) is 14.5 Å². The van der Waals surface area contributed by atoms with Gasteiger partial charge < -0.3 is 26.0 Å². The van der Waals surface area contributed by atoms with E-state index in [1.165, 1.54) is 43.0 Å². The van der Waals surface area contributed by atoms with E-state index in [9.17, 15) is 19.5 Å². The first-order valence-electron chi connectivity index (χ1n) is 17.0. The molecule has 0 unspecified atom stereocenters. The zero-order valence-electron chi connectivity index (χ0n) is 28.4. The number of hydrogen-bond donors (Lipinski definition) is 3. The van der Waals surface area contributed by atoms with Gasteiger partial charge in [0, 0.05) is 48.2 Å². The number of β-lactam (4-membered cyclic amide) rings is 1. The monoisotopic (exact) mass is 761 g/mol. The molecule has 7 rings (SSSR count). The van der Waals surface area contributed by atoms with Gasteiger partial charge in [0.05, 0.1) is 17.3 Å². The second-order valence-corrected chi connectivity index (χ2v) is 15.8. The molecule has 4 aromatic rings. The smallest absolute Gasteiger partial charge is 0.352 e. The van der Waals surface area contributed by atoms with Crippen LogP contribution in [0.3, 0.4) is 0 Å². The molecule has 52 heavy (non-hydrogen) atoms. The Morgan fingerprint density at radius 1 is 1.15 bits per heavy atom. The van der Waals surface area contributed by atoms with Gasteiger partial charge in [0.15, 0.2) is 29.4 Å². The third kappa shape index (κ3) is 7.04. The number of fused-ring (bicyclic) bond motifs is 2. The maximum atomic E-state index is 13.5. The number of thioether (sulfide) groups is 1. The van der Waals surface area contributed by atoms with Crippen molar-refractivity contribution in [3.8, 4) is 0 Å². The number of aromatic nitrogens is 3.